The zero-order valence-electron chi connectivity index (χ0n) is 11.1. The normalized spacial score (nSPS) is 25.3. The molecule has 0 unspecified atom stereocenters. The largest absolute Gasteiger partial charge is 0.388 e. The van der Waals surface area contributed by atoms with Gasteiger partial charge in [0.25, 0.3) is 0 Å². The van der Waals surface area contributed by atoms with Crippen molar-refractivity contribution in [1.29, 1.82) is 0 Å². The molecule has 0 saturated carbocycles. The molecule has 0 amide bonds. The van der Waals surface area contributed by atoms with Gasteiger partial charge in [0, 0.05) is 18.9 Å². The number of nitrogens with zero attached hydrogens (tertiary/aromatic N) is 4. The number of aliphatic hydroxyl groups excluding tert-OH is 2. The minimum atomic E-state index is -0.991. The van der Waals surface area contributed by atoms with Gasteiger partial charge in [-0.05, 0) is 5.57 Å². The Bertz CT molecular complexity index is 689. The van der Waals surface area contributed by atoms with Gasteiger partial charge in [-0.15, -0.1) is 0 Å². The Morgan fingerprint density at radius 2 is 2.19 bits per heavy atom. The van der Waals surface area contributed by atoms with Crippen molar-refractivity contribution < 1.29 is 14.9 Å². The molecule has 9 heteroatoms. The van der Waals surface area contributed by atoms with Crippen molar-refractivity contribution in [3.05, 3.63) is 24.3 Å². The third-order valence-corrected chi connectivity index (χ3v) is 3.70. The van der Waals surface area contributed by atoms with E-state index in [4.69, 9.17) is 16.5 Å². The first kappa shape index (κ1) is 14.2. The molecule has 21 heavy (non-hydrogen) atoms. The highest BCUT2D eigenvalue weighted by Gasteiger charge is 2.36. The van der Waals surface area contributed by atoms with Crippen LogP contribution in [0.3, 0.4) is 0 Å². The zero-order valence-corrected chi connectivity index (χ0v) is 11.9. The van der Waals surface area contributed by atoms with Crippen LogP contribution in [0.2, 0.25) is 0 Å². The molecule has 0 aromatic carbocycles. The summed E-state index contributed by atoms with van der Waals surface area (Å²) >= 11 is 5.58. The monoisotopic (exact) mass is 311 g/mol. The number of imidazole rings is 1. The minimum Gasteiger partial charge on any atom is -0.388 e. The van der Waals surface area contributed by atoms with Crippen molar-refractivity contribution in [2.45, 2.75) is 18.2 Å². The Balaban J connectivity index is 2.05. The van der Waals surface area contributed by atoms with E-state index in [1.54, 1.807) is 10.6 Å². The van der Waals surface area contributed by atoms with Crippen LogP contribution in [0.15, 0.2) is 24.3 Å². The van der Waals surface area contributed by atoms with Gasteiger partial charge in [0.2, 0.25) is 0 Å². The number of anilines is 1. The molecule has 2 aromatic heterocycles. The summed E-state index contributed by atoms with van der Waals surface area (Å²) in [5, 5.41) is 20.3. The van der Waals surface area contributed by atoms with E-state index in [1.807, 2.05) is 0 Å². The van der Waals surface area contributed by atoms with Gasteiger partial charge in [-0.2, -0.15) is 0 Å². The number of hydrogen-bond acceptors (Lipinski definition) is 7. The number of methoxy groups -OCH3 is 1. The average molecular weight is 312 g/mol. The van der Waals surface area contributed by atoms with Crippen LogP contribution in [0.1, 0.15) is 6.04 Å². The molecule has 8 nitrogen and oxygen atoms in total. The molecule has 1 aliphatic rings. The first-order valence-electron chi connectivity index (χ1n) is 6.27. The summed E-state index contributed by atoms with van der Waals surface area (Å²) in [4.78, 5) is 14.8. The molecule has 1 aliphatic carbocycles. The highest BCUT2D eigenvalue weighted by atomic mass is 35.5. The quantitative estimate of drug-likeness (QED) is 0.548. The van der Waals surface area contributed by atoms with E-state index >= 15 is 0 Å². The average Bonchev–Trinajstić information content (AvgIpc) is 3.04. The Labute approximate surface area is 125 Å². The maximum Gasteiger partial charge on any atom is 0.172 e. The number of nitrogens with one attached hydrogen (secondary N) is 1. The Morgan fingerprint density at radius 1 is 1.38 bits per heavy atom. The predicted molar refractivity (Wildman–Crippen MR) is 75.8 cm³/mol. The van der Waals surface area contributed by atoms with E-state index in [1.165, 1.54) is 19.8 Å². The lowest BCUT2D eigenvalue weighted by atomic mass is 10.1. The molecule has 112 valence electrons. The summed E-state index contributed by atoms with van der Waals surface area (Å²) in [5.74, 6) is 0.384. The van der Waals surface area contributed by atoms with E-state index < -0.39 is 18.2 Å². The van der Waals surface area contributed by atoms with Gasteiger partial charge in [-0.3, -0.25) is 4.84 Å². The molecule has 0 spiro atoms. The van der Waals surface area contributed by atoms with Crippen LogP contribution in [-0.2, 0) is 4.74 Å². The van der Waals surface area contributed by atoms with Crippen molar-refractivity contribution in [3.8, 4) is 0 Å². The second kappa shape index (κ2) is 5.57. The lowest BCUT2D eigenvalue weighted by Gasteiger charge is -2.18. The molecule has 3 N–H and O–H groups in total. The number of halogens is 1. The zero-order chi connectivity index (χ0) is 15.0. The first-order valence-corrected chi connectivity index (χ1v) is 6.65. The van der Waals surface area contributed by atoms with Gasteiger partial charge >= 0.3 is 0 Å². The molecule has 0 bridgehead atoms. The van der Waals surface area contributed by atoms with E-state index in [0.29, 0.717) is 22.6 Å². The Morgan fingerprint density at radius 3 is 2.90 bits per heavy atom. The SMILES string of the molecule is COCC1=C[C@@H](n2cnc3c(NCl)ncnc32)[C@H](O)[C@@H]1O. The van der Waals surface area contributed by atoms with Crippen LogP contribution in [0.4, 0.5) is 5.82 Å². The van der Waals surface area contributed by atoms with E-state index in [-0.39, 0.29) is 6.61 Å². The predicted octanol–water partition coefficient (Wildman–Crippen LogP) is 0.241. The maximum absolute atomic E-state index is 10.2. The second-order valence-electron chi connectivity index (χ2n) is 4.74. The Hall–Kier alpha value is -1.74. The number of rotatable bonds is 4. The number of ether oxygens (including phenoxy) is 1. The Kier molecular flexibility index (Phi) is 3.77. The van der Waals surface area contributed by atoms with Gasteiger partial charge < -0.3 is 19.5 Å². The maximum atomic E-state index is 10.2. The molecular formula is C12H14ClN5O3. The molecule has 2 heterocycles. The van der Waals surface area contributed by atoms with Crippen LogP contribution < -0.4 is 4.84 Å². The van der Waals surface area contributed by atoms with Crippen molar-refractivity contribution in [2.75, 3.05) is 18.6 Å². The molecule has 2 aromatic rings. The fourth-order valence-corrected chi connectivity index (χ4v) is 2.65. The van der Waals surface area contributed by atoms with Crippen LogP contribution in [0.25, 0.3) is 11.2 Å². The third kappa shape index (κ3) is 2.26. The van der Waals surface area contributed by atoms with Crippen molar-refractivity contribution in [3.63, 3.8) is 0 Å². The van der Waals surface area contributed by atoms with Crippen LogP contribution in [-0.4, -0.2) is 55.7 Å². The highest BCUT2D eigenvalue weighted by Crippen LogP contribution is 2.32. The minimum absolute atomic E-state index is 0.255. The highest BCUT2D eigenvalue weighted by molar-refractivity contribution is 6.24. The molecule has 0 radical (unpaired) electrons. The van der Waals surface area contributed by atoms with E-state index in [9.17, 15) is 10.2 Å². The summed E-state index contributed by atoms with van der Waals surface area (Å²) in [6.45, 7) is 0.255. The molecule has 0 aliphatic heterocycles. The summed E-state index contributed by atoms with van der Waals surface area (Å²) in [6, 6.07) is -0.478. The van der Waals surface area contributed by atoms with Gasteiger partial charge in [0.1, 0.15) is 18.5 Å². The van der Waals surface area contributed by atoms with Crippen LogP contribution in [0.5, 0.6) is 0 Å². The lowest BCUT2D eigenvalue weighted by Crippen LogP contribution is -2.30. The number of aliphatic hydroxyl groups is 2. The van der Waals surface area contributed by atoms with Gasteiger partial charge in [0.15, 0.2) is 17.0 Å². The molecule has 0 saturated heterocycles. The van der Waals surface area contributed by atoms with Crippen molar-refractivity contribution >= 4 is 28.8 Å². The summed E-state index contributed by atoms with van der Waals surface area (Å²) in [6.07, 6.45) is 2.68. The smallest absolute Gasteiger partial charge is 0.172 e. The van der Waals surface area contributed by atoms with Gasteiger partial charge in [0.05, 0.1) is 19.0 Å². The summed E-state index contributed by atoms with van der Waals surface area (Å²) in [7, 11) is 1.53. The van der Waals surface area contributed by atoms with Crippen LogP contribution in [0, 0.1) is 0 Å². The summed E-state index contributed by atoms with van der Waals surface area (Å²) < 4.78 is 6.69. The second-order valence-corrected chi connectivity index (χ2v) is 4.93. The van der Waals surface area contributed by atoms with Crippen molar-refractivity contribution in [1.82, 2.24) is 19.5 Å². The van der Waals surface area contributed by atoms with Crippen LogP contribution >= 0.6 is 11.8 Å². The molecule has 3 rings (SSSR count). The number of hydrogen-bond donors (Lipinski definition) is 3. The fourth-order valence-electron chi connectivity index (χ4n) is 2.51. The van der Waals surface area contributed by atoms with E-state index in [0.717, 1.165) is 0 Å². The number of fused-ring (bicyclic) bond motifs is 1. The standard InChI is InChI=1S/C12H14ClN5O3/c1-21-3-6-2-7(10(20)9(6)19)18-5-16-8-11(17-13)14-4-15-12(8)18/h2,4-5,7,9-10,19-20H,3H2,1H3,(H,14,15,17)/t7-,9-,10+/m1/s1. The third-order valence-electron chi connectivity index (χ3n) is 3.52. The van der Waals surface area contributed by atoms with Gasteiger partial charge in [-0.1, -0.05) is 6.08 Å². The summed E-state index contributed by atoms with van der Waals surface area (Å²) in [5.41, 5.74) is 1.63. The lowest BCUT2D eigenvalue weighted by molar-refractivity contribution is 0.0270. The van der Waals surface area contributed by atoms with Gasteiger partial charge in [-0.25, -0.2) is 15.0 Å². The van der Waals surface area contributed by atoms with E-state index in [2.05, 4.69) is 19.8 Å². The molecule has 0 fully saturated rings. The molecule has 3 atom stereocenters. The topological polar surface area (TPSA) is 105 Å². The van der Waals surface area contributed by atoms with Crippen molar-refractivity contribution in [2.24, 2.45) is 0 Å². The fraction of sp³-hybridized carbons (Fsp3) is 0.417. The number of aromatic nitrogens is 4. The molecular weight excluding hydrogens is 298 g/mol. The first-order chi connectivity index (χ1) is 10.2.